The van der Waals surface area contributed by atoms with E-state index in [1.165, 1.54) is 0 Å². The molecule has 0 rings (SSSR count). The predicted octanol–water partition coefficient (Wildman–Crippen LogP) is -1.26. The third-order valence-electron chi connectivity index (χ3n) is 0.0861. The summed E-state index contributed by atoms with van der Waals surface area (Å²) in [4.78, 5) is 18.3. The fraction of sp³-hybridized carbons (Fsp3) is 0. The van der Waals surface area contributed by atoms with Crippen LogP contribution in [0.3, 0.4) is 0 Å². The molecule has 1 atom stereocenters. The summed E-state index contributed by atoms with van der Waals surface area (Å²) in [5.41, 5.74) is 0. The summed E-state index contributed by atoms with van der Waals surface area (Å²) in [6.07, 6.45) is 0. The molecule has 3 nitrogen and oxygen atoms in total. The van der Waals surface area contributed by atoms with Crippen molar-refractivity contribution in [3.63, 3.8) is 0 Å². The highest BCUT2D eigenvalue weighted by Gasteiger charge is 1.52. The molecule has 32 valence electrons. The molecule has 0 amide bonds. The van der Waals surface area contributed by atoms with Crippen molar-refractivity contribution in [1.82, 2.24) is 0 Å². The van der Waals surface area contributed by atoms with Crippen molar-refractivity contribution in [3.8, 4) is 0 Å². The standard InChI is InChI=1S/H2O3P2/c1-5(2)3-4/h4H2/q-2. The quantitative estimate of drug-likeness (QED) is 0.398. The molecular weight excluding hydrogens is 110 g/mol. The normalized spacial score (nSPS) is 9.60. The molecule has 0 aromatic heterocycles. The predicted molar refractivity (Wildman–Crippen MR) is 17.7 cm³/mol. The minimum absolute atomic E-state index is 1.60. The Kier molecular flexibility index (Phi) is 3.39. The molecule has 0 bridgehead atoms. The van der Waals surface area contributed by atoms with Gasteiger partial charge in [0.2, 0.25) is 0 Å². The molecule has 0 aliphatic rings. The van der Waals surface area contributed by atoms with Gasteiger partial charge in [-0.15, -0.1) is 0 Å². The Morgan fingerprint density at radius 2 is 1.80 bits per heavy atom. The summed E-state index contributed by atoms with van der Waals surface area (Å²) in [7, 11) is -1.04. The van der Waals surface area contributed by atoms with Gasteiger partial charge in [0.15, 0.2) is 0 Å². The van der Waals surface area contributed by atoms with E-state index in [2.05, 4.69) is 4.31 Å². The summed E-state index contributed by atoms with van der Waals surface area (Å²) < 4.78 is 3.62. The van der Waals surface area contributed by atoms with Gasteiger partial charge in [-0.2, -0.15) is 8.60 Å². The zero-order chi connectivity index (χ0) is 4.28. The van der Waals surface area contributed by atoms with Gasteiger partial charge in [-0.1, -0.05) is 0 Å². The van der Waals surface area contributed by atoms with Gasteiger partial charge in [0.25, 0.3) is 0 Å². The summed E-state index contributed by atoms with van der Waals surface area (Å²) >= 11 is 0. The van der Waals surface area contributed by atoms with Crippen LogP contribution in [-0.4, -0.2) is 0 Å². The fourth-order valence-corrected chi connectivity index (χ4v) is 0. The van der Waals surface area contributed by atoms with E-state index >= 15 is 0 Å². The van der Waals surface area contributed by atoms with Crippen LogP contribution in [0.4, 0.5) is 0 Å². The topological polar surface area (TPSA) is 55.3 Å². The van der Waals surface area contributed by atoms with Gasteiger partial charge < -0.3 is 14.1 Å². The second kappa shape index (κ2) is 2.95. The Morgan fingerprint density at radius 3 is 1.80 bits per heavy atom. The molecule has 5 heteroatoms. The van der Waals surface area contributed by atoms with Crippen LogP contribution in [0.1, 0.15) is 0 Å². The number of hydrogen-bond donors (Lipinski definition) is 0. The highest BCUT2D eigenvalue weighted by atomic mass is 31.2. The van der Waals surface area contributed by atoms with Crippen molar-refractivity contribution in [2.45, 2.75) is 0 Å². The van der Waals surface area contributed by atoms with Crippen molar-refractivity contribution in [1.29, 1.82) is 0 Å². The van der Waals surface area contributed by atoms with Crippen molar-refractivity contribution < 1.29 is 14.1 Å². The molecule has 0 fully saturated rings. The first-order valence-electron chi connectivity index (χ1n) is 0.783. The maximum absolute atomic E-state index is 9.16. The zero-order valence-electron chi connectivity index (χ0n) is 2.25. The molecule has 0 aromatic carbocycles. The molecule has 0 aliphatic heterocycles. The Bertz CT molecular complexity index is 18.9. The average Bonchev–Trinajstić information content (AvgIpc) is 1.38. The molecule has 0 saturated heterocycles. The molecule has 0 spiro atoms. The van der Waals surface area contributed by atoms with Gasteiger partial charge in [-0.05, 0) is 0 Å². The smallest absolute Gasteiger partial charge is 0.00148 e. The van der Waals surface area contributed by atoms with Gasteiger partial charge >= 0.3 is 0 Å². The molecule has 0 radical (unpaired) electrons. The van der Waals surface area contributed by atoms with Crippen LogP contribution in [0, 0.1) is 0 Å². The average molecular weight is 112 g/mol. The maximum atomic E-state index is 9.16. The Labute approximate surface area is 33.3 Å². The van der Waals surface area contributed by atoms with E-state index in [0.717, 1.165) is 0 Å². The van der Waals surface area contributed by atoms with E-state index < -0.39 is 8.60 Å². The summed E-state index contributed by atoms with van der Waals surface area (Å²) in [5.74, 6) is 0. The third kappa shape index (κ3) is 4.74. The van der Waals surface area contributed by atoms with Crippen molar-refractivity contribution in [2.24, 2.45) is 0 Å². The van der Waals surface area contributed by atoms with Crippen LogP contribution in [0.5, 0.6) is 0 Å². The molecule has 1 unspecified atom stereocenters. The summed E-state index contributed by atoms with van der Waals surface area (Å²) in [5, 5.41) is 0. The first-order chi connectivity index (χ1) is 2.27. The molecule has 0 heterocycles. The van der Waals surface area contributed by atoms with E-state index in [4.69, 9.17) is 9.79 Å². The minimum atomic E-state index is -2.64. The lowest BCUT2D eigenvalue weighted by molar-refractivity contribution is -0.309. The van der Waals surface area contributed by atoms with Crippen LogP contribution in [0.2, 0.25) is 0 Å². The van der Waals surface area contributed by atoms with Crippen molar-refractivity contribution in [2.75, 3.05) is 0 Å². The second-order valence-electron chi connectivity index (χ2n) is 0.329. The van der Waals surface area contributed by atoms with Crippen molar-refractivity contribution in [3.05, 3.63) is 0 Å². The molecule has 0 N–H and O–H groups in total. The van der Waals surface area contributed by atoms with Gasteiger partial charge in [-0.3, -0.25) is 0 Å². The van der Waals surface area contributed by atoms with E-state index in [0.29, 0.717) is 0 Å². The summed E-state index contributed by atoms with van der Waals surface area (Å²) in [6, 6.07) is 0. The lowest BCUT2D eigenvalue weighted by Crippen LogP contribution is -2.05. The highest BCUT2D eigenvalue weighted by molar-refractivity contribution is 7.42. The Morgan fingerprint density at radius 1 is 1.60 bits per heavy atom. The number of hydrogen-bond acceptors (Lipinski definition) is 3. The minimum Gasteiger partial charge on any atom is -0.820 e. The first-order valence-corrected chi connectivity index (χ1v) is 2.35. The summed E-state index contributed by atoms with van der Waals surface area (Å²) in [6.45, 7) is 0. The van der Waals surface area contributed by atoms with Gasteiger partial charge in [-0.25, -0.2) is 0 Å². The lowest BCUT2D eigenvalue weighted by atomic mass is 15.8. The first kappa shape index (κ1) is 5.74. The van der Waals surface area contributed by atoms with Crippen LogP contribution < -0.4 is 9.79 Å². The van der Waals surface area contributed by atoms with Crippen LogP contribution in [0.25, 0.3) is 0 Å². The van der Waals surface area contributed by atoms with E-state index in [-0.39, 0.29) is 0 Å². The largest absolute Gasteiger partial charge is 0.820 e. The van der Waals surface area contributed by atoms with E-state index in [9.17, 15) is 0 Å². The SMILES string of the molecule is [O-]P([O-])OP. The third-order valence-corrected chi connectivity index (χ3v) is 0.775. The fourth-order valence-electron chi connectivity index (χ4n) is 0. The van der Waals surface area contributed by atoms with Gasteiger partial charge in [0.1, 0.15) is 0 Å². The molecular formula is H2O3P2-2. The molecule has 0 aromatic rings. The zero-order valence-corrected chi connectivity index (χ0v) is 4.30. The van der Waals surface area contributed by atoms with Gasteiger partial charge in [0.05, 0.1) is 0 Å². The van der Waals surface area contributed by atoms with E-state index in [1.807, 2.05) is 0 Å². The lowest BCUT2D eigenvalue weighted by Gasteiger charge is -2.25. The molecule has 0 aliphatic carbocycles. The second-order valence-corrected chi connectivity index (χ2v) is 1.62. The maximum Gasteiger partial charge on any atom is 0.00148 e. The molecule has 5 heavy (non-hydrogen) atoms. The monoisotopic (exact) mass is 112 g/mol. The Hall–Kier alpha value is 0.740. The Balaban J connectivity index is 2.54. The van der Waals surface area contributed by atoms with Crippen molar-refractivity contribution >= 4 is 18.1 Å². The van der Waals surface area contributed by atoms with Gasteiger partial charge in [0, 0.05) is 9.47 Å². The van der Waals surface area contributed by atoms with Crippen LogP contribution in [-0.2, 0) is 4.31 Å². The number of rotatable bonds is 1. The van der Waals surface area contributed by atoms with Crippen LogP contribution in [0.15, 0.2) is 0 Å². The molecule has 0 saturated carbocycles. The highest BCUT2D eigenvalue weighted by Crippen LogP contribution is 2.15. The van der Waals surface area contributed by atoms with E-state index in [1.54, 1.807) is 9.47 Å². The van der Waals surface area contributed by atoms with Crippen LogP contribution >= 0.6 is 18.1 Å².